The van der Waals surface area contributed by atoms with E-state index >= 15 is 0 Å². The van der Waals surface area contributed by atoms with Crippen LogP contribution in [0.3, 0.4) is 0 Å². The highest BCUT2D eigenvalue weighted by Crippen LogP contribution is 2.33. The molecule has 1 aliphatic rings. The van der Waals surface area contributed by atoms with Crippen LogP contribution in [0.1, 0.15) is 33.6 Å². The quantitative estimate of drug-likeness (QED) is 0.898. The maximum absolute atomic E-state index is 12.5. The van der Waals surface area contributed by atoms with E-state index < -0.39 is 6.10 Å². The number of amides is 1. The van der Waals surface area contributed by atoms with Crippen LogP contribution in [0.5, 0.6) is 0 Å². The maximum Gasteiger partial charge on any atom is 0.264 e. The molecule has 3 heterocycles. The van der Waals surface area contributed by atoms with Gasteiger partial charge in [0.25, 0.3) is 5.91 Å². The minimum absolute atomic E-state index is 0.00111. The van der Waals surface area contributed by atoms with Crippen LogP contribution in [-0.2, 0) is 0 Å². The Bertz CT molecular complexity index is 599. The molecule has 4 nitrogen and oxygen atoms in total. The number of rotatable bonds is 3. The van der Waals surface area contributed by atoms with E-state index in [4.69, 9.17) is 0 Å². The number of hydrogen-bond acceptors (Lipinski definition) is 5. The molecule has 0 aromatic carbocycles. The molecule has 2 atom stereocenters. The number of aliphatic hydroxyl groups is 1. The fourth-order valence-electron chi connectivity index (χ4n) is 2.49. The zero-order chi connectivity index (χ0) is 14.1. The highest BCUT2D eigenvalue weighted by molar-refractivity contribution is 9.11. The summed E-state index contributed by atoms with van der Waals surface area (Å²) in [6, 6.07) is 3.53. The van der Waals surface area contributed by atoms with E-state index in [1.165, 1.54) is 22.7 Å². The van der Waals surface area contributed by atoms with E-state index in [9.17, 15) is 9.90 Å². The normalized spacial score (nSPS) is 20.3. The number of aliphatic hydroxyl groups excluding tert-OH is 1. The minimum Gasteiger partial charge on any atom is -0.384 e. The lowest BCUT2D eigenvalue weighted by molar-refractivity contribution is 0.0490. The average molecular weight is 373 g/mol. The van der Waals surface area contributed by atoms with Crippen molar-refractivity contribution >= 4 is 44.5 Å². The number of carbonyl (C=O) groups excluding carboxylic acids is 1. The van der Waals surface area contributed by atoms with Crippen LogP contribution in [0, 0.1) is 0 Å². The second-order valence-corrected chi connectivity index (χ2v) is 8.02. The summed E-state index contributed by atoms with van der Waals surface area (Å²) in [6.45, 7) is 0.696. The molecule has 7 heteroatoms. The van der Waals surface area contributed by atoms with Crippen LogP contribution in [0.4, 0.5) is 0 Å². The molecule has 1 N–H and O–H groups in total. The molecule has 2 aromatic rings. The van der Waals surface area contributed by atoms with Crippen LogP contribution < -0.4 is 0 Å². The topological polar surface area (TPSA) is 53.4 Å². The molecule has 0 saturated carbocycles. The summed E-state index contributed by atoms with van der Waals surface area (Å²) in [4.78, 5) is 19.2. The zero-order valence-corrected chi connectivity index (χ0v) is 13.7. The zero-order valence-electron chi connectivity index (χ0n) is 10.5. The van der Waals surface area contributed by atoms with Crippen LogP contribution in [-0.4, -0.2) is 33.5 Å². The summed E-state index contributed by atoms with van der Waals surface area (Å²) in [5, 5.41) is 13.0. The Hall–Kier alpha value is -0.760. The maximum atomic E-state index is 12.5. The van der Waals surface area contributed by atoms with Crippen molar-refractivity contribution in [3.05, 3.63) is 37.4 Å². The molecule has 0 aliphatic carbocycles. The van der Waals surface area contributed by atoms with E-state index in [0.29, 0.717) is 16.4 Å². The van der Waals surface area contributed by atoms with Gasteiger partial charge in [-0.1, -0.05) is 0 Å². The first-order chi connectivity index (χ1) is 9.66. The molecular formula is C13H13BrN2O2S2. The Labute approximate surface area is 133 Å². The van der Waals surface area contributed by atoms with Crippen LogP contribution >= 0.6 is 38.6 Å². The van der Waals surface area contributed by atoms with Gasteiger partial charge in [-0.15, -0.1) is 22.7 Å². The van der Waals surface area contributed by atoms with Crippen LogP contribution in [0.25, 0.3) is 0 Å². The molecule has 0 spiro atoms. The molecule has 1 fully saturated rings. The van der Waals surface area contributed by atoms with Gasteiger partial charge in [-0.25, -0.2) is 4.98 Å². The predicted octanol–water partition coefficient (Wildman–Crippen LogP) is 3.31. The molecule has 1 saturated heterocycles. The van der Waals surface area contributed by atoms with E-state index in [1.54, 1.807) is 11.1 Å². The van der Waals surface area contributed by atoms with Crippen molar-refractivity contribution in [3.8, 4) is 0 Å². The number of nitrogens with zero attached hydrogens (tertiary/aromatic N) is 2. The molecule has 1 aliphatic heterocycles. The molecule has 2 aromatic heterocycles. The first kappa shape index (κ1) is 14.2. The highest BCUT2D eigenvalue weighted by Gasteiger charge is 2.36. The van der Waals surface area contributed by atoms with E-state index in [1.807, 2.05) is 17.5 Å². The minimum atomic E-state index is -0.690. The van der Waals surface area contributed by atoms with Gasteiger partial charge in [-0.2, -0.15) is 0 Å². The molecule has 0 unspecified atom stereocenters. The van der Waals surface area contributed by atoms with E-state index in [2.05, 4.69) is 20.9 Å². The summed E-state index contributed by atoms with van der Waals surface area (Å²) in [5.41, 5.74) is 0. The van der Waals surface area contributed by atoms with Gasteiger partial charge in [0, 0.05) is 18.1 Å². The van der Waals surface area contributed by atoms with Gasteiger partial charge in [0.1, 0.15) is 11.1 Å². The average Bonchev–Trinajstić information content (AvgIpc) is 3.18. The summed E-state index contributed by atoms with van der Waals surface area (Å²) < 4.78 is 0.942. The third kappa shape index (κ3) is 2.67. The van der Waals surface area contributed by atoms with Crippen molar-refractivity contribution in [1.29, 1.82) is 0 Å². The number of aromatic nitrogens is 1. The van der Waals surface area contributed by atoms with Gasteiger partial charge in [0.15, 0.2) is 0 Å². The Kier molecular flexibility index (Phi) is 4.21. The summed E-state index contributed by atoms with van der Waals surface area (Å²) >= 11 is 6.23. The van der Waals surface area contributed by atoms with Crippen molar-refractivity contribution in [3.63, 3.8) is 0 Å². The molecular weight excluding hydrogens is 360 g/mol. The molecule has 0 radical (unpaired) electrons. The Balaban J connectivity index is 1.80. The van der Waals surface area contributed by atoms with Crippen molar-refractivity contribution in [2.45, 2.75) is 25.0 Å². The molecule has 0 bridgehead atoms. The van der Waals surface area contributed by atoms with Crippen molar-refractivity contribution in [2.75, 3.05) is 6.54 Å². The lowest BCUT2D eigenvalue weighted by atomic mass is 10.1. The molecule has 3 rings (SSSR count). The lowest BCUT2D eigenvalue weighted by Gasteiger charge is -2.27. The van der Waals surface area contributed by atoms with Gasteiger partial charge in [-0.3, -0.25) is 4.79 Å². The van der Waals surface area contributed by atoms with Gasteiger partial charge in [0.05, 0.1) is 14.7 Å². The van der Waals surface area contributed by atoms with Crippen molar-refractivity contribution in [1.82, 2.24) is 9.88 Å². The number of carbonyl (C=O) groups is 1. The van der Waals surface area contributed by atoms with Gasteiger partial charge < -0.3 is 10.0 Å². The fraction of sp³-hybridized carbons (Fsp3) is 0.385. The standard InChI is InChI=1S/C13H13BrN2O2S2/c14-10-4-3-9(20-10)13(18)16-6-1-2-8(16)11(17)12-15-5-7-19-12/h3-5,7-8,11,17H,1-2,6H2/t8-,11-/m0/s1. The third-order valence-corrected chi connectivity index (χ3v) is 5.87. The molecule has 20 heavy (non-hydrogen) atoms. The number of halogens is 1. The fourth-order valence-corrected chi connectivity index (χ4v) is 4.51. The van der Waals surface area contributed by atoms with Crippen LogP contribution in [0.2, 0.25) is 0 Å². The Morgan fingerprint density at radius 3 is 3.05 bits per heavy atom. The largest absolute Gasteiger partial charge is 0.384 e. The first-order valence-corrected chi connectivity index (χ1v) is 8.79. The SMILES string of the molecule is O=C(c1ccc(Br)s1)N1CCC[C@H]1[C@H](O)c1nccs1. The number of hydrogen-bond donors (Lipinski definition) is 1. The predicted molar refractivity (Wildman–Crippen MR) is 83.2 cm³/mol. The number of thiophene rings is 1. The summed E-state index contributed by atoms with van der Waals surface area (Å²) in [5.74, 6) is -0.00111. The number of thiazole rings is 1. The second-order valence-electron chi connectivity index (χ2n) is 4.63. The van der Waals surface area contributed by atoms with Crippen LogP contribution in [0.15, 0.2) is 27.5 Å². The van der Waals surface area contributed by atoms with Gasteiger partial charge in [-0.05, 0) is 40.9 Å². The summed E-state index contributed by atoms with van der Waals surface area (Å²) in [7, 11) is 0. The lowest BCUT2D eigenvalue weighted by Crippen LogP contribution is -2.38. The van der Waals surface area contributed by atoms with E-state index in [-0.39, 0.29) is 11.9 Å². The van der Waals surface area contributed by atoms with Crippen molar-refractivity contribution < 1.29 is 9.90 Å². The van der Waals surface area contributed by atoms with Gasteiger partial charge in [0.2, 0.25) is 0 Å². The highest BCUT2D eigenvalue weighted by atomic mass is 79.9. The van der Waals surface area contributed by atoms with E-state index in [0.717, 1.165) is 16.6 Å². The number of likely N-dealkylation sites (tertiary alicyclic amines) is 1. The third-order valence-electron chi connectivity index (χ3n) is 3.41. The monoisotopic (exact) mass is 372 g/mol. The Morgan fingerprint density at radius 1 is 1.55 bits per heavy atom. The van der Waals surface area contributed by atoms with Crippen molar-refractivity contribution in [2.24, 2.45) is 0 Å². The second kappa shape index (κ2) is 5.93. The van der Waals surface area contributed by atoms with Gasteiger partial charge >= 0.3 is 0 Å². The Morgan fingerprint density at radius 2 is 2.40 bits per heavy atom. The molecule has 106 valence electrons. The summed E-state index contributed by atoms with van der Waals surface area (Å²) in [6.07, 6.45) is 2.73. The molecule has 1 amide bonds. The first-order valence-electron chi connectivity index (χ1n) is 6.30. The smallest absolute Gasteiger partial charge is 0.264 e.